The van der Waals surface area contributed by atoms with Crippen LogP contribution < -0.4 is 5.32 Å². The van der Waals surface area contributed by atoms with Crippen molar-refractivity contribution in [2.75, 3.05) is 6.54 Å². The van der Waals surface area contributed by atoms with Gasteiger partial charge in [-0.1, -0.05) is 0 Å². The first-order valence-corrected chi connectivity index (χ1v) is 5.20. The predicted molar refractivity (Wildman–Crippen MR) is 56.3 cm³/mol. The van der Waals surface area contributed by atoms with Crippen LogP contribution in [0.25, 0.3) is 0 Å². The van der Waals surface area contributed by atoms with Gasteiger partial charge in [0, 0.05) is 25.3 Å². The highest BCUT2D eigenvalue weighted by atomic mass is 19.3. The Kier molecular flexibility index (Phi) is 4.82. The van der Waals surface area contributed by atoms with Crippen LogP contribution in [0.3, 0.4) is 0 Å². The highest BCUT2D eigenvalue weighted by molar-refractivity contribution is 4.99. The zero-order valence-corrected chi connectivity index (χ0v) is 9.40. The zero-order chi connectivity index (χ0) is 12.1. The van der Waals surface area contributed by atoms with E-state index in [4.69, 9.17) is 5.11 Å². The summed E-state index contributed by atoms with van der Waals surface area (Å²) in [4.78, 5) is 3.99. The fourth-order valence-corrected chi connectivity index (χ4v) is 1.37. The average Bonchev–Trinajstić information content (AvgIpc) is 2.65. The van der Waals surface area contributed by atoms with Crippen LogP contribution in [0.5, 0.6) is 0 Å². The van der Waals surface area contributed by atoms with Gasteiger partial charge in [0.05, 0.1) is 12.0 Å². The number of alkyl halides is 2. The summed E-state index contributed by atoms with van der Waals surface area (Å²) in [7, 11) is 0. The lowest BCUT2D eigenvalue weighted by Gasteiger charge is -2.14. The summed E-state index contributed by atoms with van der Waals surface area (Å²) in [6.45, 7) is 4.32. The first-order valence-electron chi connectivity index (χ1n) is 5.20. The van der Waals surface area contributed by atoms with Crippen molar-refractivity contribution in [3.05, 3.63) is 18.2 Å². The number of rotatable bonds is 6. The third-order valence-electron chi connectivity index (χ3n) is 2.25. The van der Waals surface area contributed by atoms with E-state index in [0.717, 1.165) is 5.69 Å². The molecule has 0 fully saturated rings. The number of hydrogen-bond donors (Lipinski definition) is 2. The van der Waals surface area contributed by atoms with Gasteiger partial charge in [0.15, 0.2) is 0 Å². The Bertz CT molecular complexity index is 315. The molecule has 16 heavy (non-hydrogen) atoms. The quantitative estimate of drug-likeness (QED) is 0.775. The molecule has 4 nitrogen and oxygen atoms in total. The molecule has 0 bridgehead atoms. The third kappa shape index (κ3) is 3.53. The van der Waals surface area contributed by atoms with E-state index in [1.54, 1.807) is 12.5 Å². The summed E-state index contributed by atoms with van der Waals surface area (Å²) in [6, 6.07) is 0.277. The maximum absolute atomic E-state index is 12.0. The molecule has 0 saturated carbocycles. The predicted octanol–water partition coefficient (Wildman–Crippen LogP) is 1.18. The smallest absolute Gasteiger partial charge is 0.265 e. The summed E-state index contributed by atoms with van der Waals surface area (Å²) in [5.74, 6) is 0. The highest BCUT2D eigenvalue weighted by Crippen LogP contribution is 2.08. The second kappa shape index (κ2) is 5.91. The van der Waals surface area contributed by atoms with Gasteiger partial charge in [-0.25, -0.2) is 13.8 Å². The van der Waals surface area contributed by atoms with Crippen molar-refractivity contribution in [3.63, 3.8) is 0 Å². The molecule has 1 unspecified atom stereocenters. The standard InChI is InChI=1S/C10H17F2N3O/c1-7(2)15-6-14-4-8(15)3-13-5-9(16)10(11)12/h4,6-7,9-10,13,16H,3,5H2,1-2H3. The van der Waals surface area contributed by atoms with E-state index in [-0.39, 0.29) is 12.6 Å². The Labute approximate surface area is 93.3 Å². The Morgan fingerprint density at radius 1 is 1.50 bits per heavy atom. The van der Waals surface area contributed by atoms with Crippen molar-refractivity contribution >= 4 is 0 Å². The Morgan fingerprint density at radius 2 is 2.19 bits per heavy atom. The van der Waals surface area contributed by atoms with E-state index in [2.05, 4.69) is 10.3 Å². The molecular weight excluding hydrogens is 216 g/mol. The normalized spacial score (nSPS) is 13.7. The largest absolute Gasteiger partial charge is 0.386 e. The molecule has 1 heterocycles. The SMILES string of the molecule is CC(C)n1cncc1CNCC(O)C(F)F. The van der Waals surface area contributed by atoms with Crippen molar-refractivity contribution < 1.29 is 13.9 Å². The van der Waals surface area contributed by atoms with E-state index < -0.39 is 12.5 Å². The summed E-state index contributed by atoms with van der Waals surface area (Å²) in [5.41, 5.74) is 0.913. The Hall–Kier alpha value is -1.01. The molecule has 0 aliphatic rings. The molecular formula is C10H17F2N3O. The number of nitrogens with one attached hydrogen (secondary N) is 1. The van der Waals surface area contributed by atoms with Gasteiger partial charge in [-0.3, -0.25) is 0 Å². The molecule has 0 spiro atoms. The molecule has 0 saturated heterocycles. The molecule has 1 aromatic rings. The van der Waals surface area contributed by atoms with Crippen molar-refractivity contribution in [1.82, 2.24) is 14.9 Å². The molecule has 0 aromatic carbocycles. The van der Waals surface area contributed by atoms with Crippen LogP contribution in [-0.4, -0.2) is 33.7 Å². The van der Waals surface area contributed by atoms with Gasteiger partial charge in [-0.05, 0) is 13.8 Å². The number of imidazole rings is 1. The molecule has 0 radical (unpaired) electrons. The topological polar surface area (TPSA) is 50.1 Å². The summed E-state index contributed by atoms with van der Waals surface area (Å²) in [6.07, 6.45) is -0.939. The zero-order valence-electron chi connectivity index (χ0n) is 9.40. The lowest BCUT2D eigenvalue weighted by molar-refractivity contribution is -0.00348. The van der Waals surface area contributed by atoms with E-state index in [0.29, 0.717) is 6.54 Å². The number of hydrogen-bond acceptors (Lipinski definition) is 3. The van der Waals surface area contributed by atoms with Crippen LogP contribution in [-0.2, 0) is 6.54 Å². The lowest BCUT2D eigenvalue weighted by atomic mass is 10.3. The molecule has 92 valence electrons. The monoisotopic (exact) mass is 233 g/mol. The number of aliphatic hydroxyl groups is 1. The van der Waals surface area contributed by atoms with Gasteiger partial charge in [0.1, 0.15) is 6.10 Å². The van der Waals surface area contributed by atoms with Crippen molar-refractivity contribution in [3.8, 4) is 0 Å². The van der Waals surface area contributed by atoms with Crippen LogP contribution in [0, 0.1) is 0 Å². The summed E-state index contributed by atoms with van der Waals surface area (Å²) < 4.78 is 25.9. The van der Waals surface area contributed by atoms with E-state index in [9.17, 15) is 8.78 Å². The van der Waals surface area contributed by atoms with Gasteiger partial charge < -0.3 is 15.0 Å². The third-order valence-corrected chi connectivity index (χ3v) is 2.25. The second-order valence-corrected chi connectivity index (χ2v) is 3.92. The average molecular weight is 233 g/mol. The number of aromatic nitrogens is 2. The minimum atomic E-state index is -2.71. The van der Waals surface area contributed by atoms with Crippen LogP contribution in [0.1, 0.15) is 25.6 Å². The molecule has 2 N–H and O–H groups in total. The first-order chi connectivity index (χ1) is 7.52. The van der Waals surface area contributed by atoms with Crippen molar-refractivity contribution in [2.24, 2.45) is 0 Å². The fourth-order valence-electron chi connectivity index (χ4n) is 1.37. The second-order valence-electron chi connectivity index (χ2n) is 3.92. The maximum Gasteiger partial charge on any atom is 0.265 e. The lowest BCUT2D eigenvalue weighted by Crippen LogP contribution is -2.32. The molecule has 1 rings (SSSR count). The van der Waals surface area contributed by atoms with Crippen LogP contribution in [0.2, 0.25) is 0 Å². The van der Waals surface area contributed by atoms with Gasteiger partial charge in [-0.15, -0.1) is 0 Å². The van der Waals surface area contributed by atoms with Crippen LogP contribution in [0.4, 0.5) is 8.78 Å². The fraction of sp³-hybridized carbons (Fsp3) is 0.700. The van der Waals surface area contributed by atoms with Gasteiger partial charge in [-0.2, -0.15) is 0 Å². The molecule has 1 atom stereocenters. The summed E-state index contributed by atoms with van der Waals surface area (Å²) in [5, 5.41) is 11.7. The van der Waals surface area contributed by atoms with E-state index in [1.165, 1.54) is 0 Å². The Morgan fingerprint density at radius 3 is 2.75 bits per heavy atom. The van der Waals surface area contributed by atoms with E-state index >= 15 is 0 Å². The molecule has 0 aliphatic heterocycles. The van der Waals surface area contributed by atoms with Crippen LogP contribution >= 0.6 is 0 Å². The highest BCUT2D eigenvalue weighted by Gasteiger charge is 2.16. The Balaban J connectivity index is 2.40. The number of aliphatic hydroxyl groups excluding tert-OH is 1. The van der Waals surface area contributed by atoms with Gasteiger partial charge >= 0.3 is 0 Å². The molecule has 0 amide bonds. The van der Waals surface area contributed by atoms with Gasteiger partial charge in [0.2, 0.25) is 0 Å². The first kappa shape index (κ1) is 13.1. The molecule has 6 heteroatoms. The number of nitrogens with zero attached hydrogens (tertiary/aromatic N) is 2. The minimum Gasteiger partial charge on any atom is -0.386 e. The molecule has 0 aliphatic carbocycles. The van der Waals surface area contributed by atoms with E-state index in [1.807, 2.05) is 18.4 Å². The van der Waals surface area contributed by atoms with Crippen molar-refractivity contribution in [1.29, 1.82) is 0 Å². The maximum atomic E-state index is 12.0. The summed E-state index contributed by atoms with van der Waals surface area (Å²) >= 11 is 0. The minimum absolute atomic E-state index is 0.124. The molecule has 1 aromatic heterocycles. The number of halogens is 2. The van der Waals surface area contributed by atoms with Crippen molar-refractivity contribution in [2.45, 2.75) is 39.0 Å². The van der Waals surface area contributed by atoms with Gasteiger partial charge in [0.25, 0.3) is 6.43 Å². The van der Waals surface area contributed by atoms with Crippen LogP contribution in [0.15, 0.2) is 12.5 Å².